The molecular weight excluding hydrogens is 416 g/mol. The van der Waals surface area contributed by atoms with Crippen LogP contribution in [0.5, 0.6) is 0 Å². The van der Waals surface area contributed by atoms with Gasteiger partial charge in [0.15, 0.2) is 12.6 Å². The molecule has 0 aromatic heterocycles. The summed E-state index contributed by atoms with van der Waals surface area (Å²) in [4.78, 5) is 0. The van der Waals surface area contributed by atoms with Crippen LogP contribution in [-0.4, -0.2) is 133 Å². The van der Waals surface area contributed by atoms with E-state index in [0.29, 0.717) is 0 Å². The van der Waals surface area contributed by atoms with Crippen molar-refractivity contribution in [1.82, 2.24) is 0 Å². The highest BCUT2D eigenvalue weighted by molar-refractivity contribution is 7.79. The second-order valence-electron chi connectivity index (χ2n) is 5.97. The summed E-state index contributed by atoms with van der Waals surface area (Å²) in [7, 11) is -4.67. The van der Waals surface area contributed by atoms with Crippen LogP contribution in [0.25, 0.3) is 0 Å². The first-order valence-electron chi connectivity index (χ1n) is 7.78. The van der Waals surface area contributed by atoms with Crippen LogP contribution >= 0.6 is 0 Å². The molecule has 2 aliphatic rings. The largest absolute Gasteiger partial charge is 0.394 e. The zero-order valence-electron chi connectivity index (χ0n) is 14.1. The van der Waals surface area contributed by atoms with Gasteiger partial charge in [-0.15, -0.1) is 0 Å². The summed E-state index contributed by atoms with van der Waals surface area (Å²) < 4.78 is 46.7. The van der Waals surface area contributed by atoms with Crippen molar-refractivity contribution >= 4 is 10.4 Å². The minimum atomic E-state index is -4.67. The van der Waals surface area contributed by atoms with Crippen LogP contribution in [0.2, 0.25) is 0 Å². The van der Waals surface area contributed by atoms with E-state index in [1.54, 1.807) is 0 Å². The molecule has 10 atom stereocenters. The molecule has 168 valence electrons. The summed E-state index contributed by atoms with van der Waals surface area (Å²) >= 11 is 0. The molecule has 2 saturated heterocycles. The summed E-state index contributed by atoms with van der Waals surface area (Å²) in [5.74, 6) is 0. The first kappa shape index (κ1) is 25.5. The van der Waals surface area contributed by atoms with Gasteiger partial charge in [-0.05, 0) is 0 Å². The fourth-order valence-corrected chi connectivity index (χ4v) is 2.55. The summed E-state index contributed by atoms with van der Waals surface area (Å²) in [6.45, 7) is -1.33. The number of ether oxygens (including phenoxy) is 3. The van der Waals surface area contributed by atoms with E-state index in [4.69, 9.17) is 41.9 Å². The van der Waals surface area contributed by atoms with Crippen molar-refractivity contribution < 1.29 is 72.6 Å². The van der Waals surface area contributed by atoms with Crippen molar-refractivity contribution in [2.45, 2.75) is 61.4 Å². The highest BCUT2D eigenvalue weighted by Crippen LogP contribution is 2.28. The van der Waals surface area contributed by atoms with Crippen LogP contribution in [0, 0.1) is 0 Å². The maximum absolute atomic E-state index is 9.94. The maximum atomic E-state index is 9.94. The topological polar surface area (TPSA) is 264 Å². The van der Waals surface area contributed by atoms with Gasteiger partial charge < -0.3 is 55.1 Å². The number of aliphatic hydroxyl groups is 8. The van der Waals surface area contributed by atoms with Gasteiger partial charge in [0.05, 0.1) is 13.2 Å². The summed E-state index contributed by atoms with van der Waals surface area (Å²) in [5, 5.41) is 76.7. The number of hydrogen-bond donors (Lipinski definition) is 10. The first-order valence-corrected chi connectivity index (χ1v) is 9.17. The lowest BCUT2D eigenvalue weighted by molar-refractivity contribution is -0.361. The molecule has 2 unspecified atom stereocenters. The van der Waals surface area contributed by atoms with Gasteiger partial charge in [0.1, 0.15) is 48.8 Å². The van der Waals surface area contributed by atoms with Gasteiger partial charge in [0.2, 0.25) is 0 Å². The van der Waals surface area contributed by atoms with Crippen LogP contribution in [0.1, 0.15) is 0 Å². The maximum Gasteiger partial charge on any atom is 0.394 e. The minimum absolute atomic E-state index is 0.651. The van der Waals surface area contributed by atoms with E-state index >= 15 is 0 Å². The average molecular weight is 440 g/mol. The van der Waals surface area contributed by atoms with Gasteiger partial charge in [-0.3, -0.25) is 9.11 Å². The molecule has 2 aliphatic heterocycles. The zero-order chi connectivity index (χ0) is 21.8. The molecule has 0 spiro atoms. The predicted octanol–water partition coefficient (Wildman–Crippen LogP) is -6.05. The molecule has 16 heteroatoms. The molecule has 28 heavy (non-hydrogen) atoms. The van der Waals surface area contributed by atoms with Crippen molar-refractivity contribution in [3.8, 4) is 0 Å². The highest BCUT2D eigenvalue weighted by Gasteiger charge is 2.50. The molecular formula is C12H24O15S. The number of rotatable bonds is 4. The molecule has 0 aromatic rings. The van der Waals surface area contributed by atoms with Crippen LogP contribution in [0.15, 0.2) is 0 Å². The molecule has 15 nitrogen and oxygen atoms in total. The minimum Gasteiger partial charge on any atom is -0.394 e. The molecule has 2 heterocycles. The molecule has 0 bridgehead atoms. The molecule has 0 aliphatic carbocycles. The molecule has 0 amide bonds. The van der Waals surface area contributed by atoms with Crippen molar-refractivity contribution in [2.24, 2.45) is 0 Å². The molecule has 0 radical (unpaired) electrons. The normalized spacial score (nSPS) is 44.5. The SMILES string of the molecule is O=S(=O)(O)O.OC[C@H]1OC(O[C@H]2C(O)O[C@H](CO)[C@@H](O)[C@@H]2O)[C@H](O)[C@@H](O)[C@H]1O. The molecule has 2 rings (SSSR count). The van der Waals surface area contributed by atoms with E-state index in [2.05, 4.69) is 0 Å². The van der Waals surface area contributed by atoms with E-state index < -0.39 is 85.0 Å². The van der Waals surface area contributed by atoms with E-state index in [1.165, 1.54) is 0 Å². The van der Waals surface area contributed by atoms with Crippen molar-refractivity contribution in [3.63, 3.8) is 0 Å². The van der Waals surface area contributed by atoms with E-state index in [0.717, 1.165) is 0 Å². The molecule has 10 N–H and O–H groups in total. The van der Waals surface area contributed by atoms with Crippen LogP contribution in [0.4, 0.5) is 0 Å². The Hall–Kier alpha value is -0.570. The second-order valence-corrected chi connectivity index (χ2v) is 6.87. The Labute approximate surface area is 158 Å². The monoisotopic (exact) mass is 440 g/mol. The summed E-state index contributed by atoms with van der Waals surface area (Å²) in [6.07, 6.45) is -15.6. The van der Waals surface area contributed by atoms with Gasteiger partial charge in [-0.2, -0.15) is 8.42 Å². The number of aliphatic hydroxyl groups excluding tert-OH is 8. The third-order valence-electron chi connectivity index (χ3n) is 3.98. The van der Waals surface area contributed by atoms with Gasteiger partial charge in [-0.1, -0.05) is 0 Å². The Morgan fingerprint density at radius 3 is 1.61 bits per heavy atom. The van der Waals surface area contributed by atoms with Crippen molar-refractivity contribution in [2.75, 3.05) is 13.2 Å². The van der Waals surface area contributed by atoms with Crippen molar-refractivity contribution in [3.05, 3.63) is 0 Å². The Morgan fingerprint density at radius 1 is 0.714 bits per heavy atom. The van der Waals surface area contributed by atoms with E-state index in [1.807, 2.05) is 0 Å². The quantitative estimate of drug-likeness (QED) is 0.182. The lowest BCUT2D eigenvalue weighted by Crippen LogP contribution is -2.64. The van der Waals surface area contributed by atoms with Crippen molar-refractivity contribution in [1.29, 1.82) is 0 Å². The van der Waals surface area contributed by atoms with E-state index in [9.17, 15) is 30.6 Å². The first-order chi connectivity index (χ1) is 12.8. The number of hydrogen-bond acceptors (Lipinski definition) is 13. The highest BCUT2D eigenvalue weighted by atomic mass is 32.3. The standard InChI is InChI=1S/C12H22O11.H2O4S/c13-1-3-6(16)8(18)10(11(20)21-3)23-12-9(19)7(17)5(15)4(2-14)22-12;1-5(2,3)4/h3-20H,1-2H2;(H2,1,2,3,4)/t3-,4-,5+,6-,7+,8+,9-,10-,11?,12?;/m1./s1. The molecule has 0 saturated carbocycles. The smallest absolute Gasteiger partial charge is 0.394 e. The summed E-state index contributed by atoms with van der Waals surface area (Å²) in [5.41, 5.74) is 0. The fraction of sp³-hybridized carbons (Fsp3) is 1.00. The Bertz CT molecular complexity index is 561. The van der Waals surface area contributed by atoms with Crippen LogP contribution in [0.3, 0.4) is 0 Å². The van der Waals surface area contributed by atoms with Crippen LogP contribution < -0.4 is 0 Å². The predicted molar refractivity (Wildman–Crippen MR) is 82.8 cm³/mol. The fourth-order valence-electron chi connectivity index (χ4n) is 2.55. The van der Waals surface area contributed by atoms with Crippen LogP contribution in [-0.2, 0) is 24.6 Å². The van der Waals surface area contributed by atoms with E-state index in [-0.39, 0.29) is 0 Å². The Kier molecular flexibility index (Phi) is 9.51. The third-order valence-corrected chi connectivity index (χ3v) is 3.98. The molecule has 0 aromatic carbocycles. The van der Waals surface area contributed by atoms with Gasteiger partial charge >= 0.3 is 10.4 Å². The van der Waals surface area contributed by atoms with Gasteiger partial charge in [-0.25, -0.2) is 0 Å². The van der Waals surface area contributed by atoms with Gasteiger partial charge in [0.25, 0.3) is 0 Å². The second kappa shape index (κ2) is 10.5. The average Bonchev–Trinajstić information content (AvgIpc) is 2.60. The Balaban J connectivity index is 0.000000696. The lowest BCUT2D eigenvalue weighted by atomic mass is 9.97. The lowest BCUT2D eigenvalue weighted by Gasteiger charge is -2.44. The summed E-state index contributed by atoms with van der Waals surface area (Å²) in [6, 6.07) is 0. The molecule has 2 fully saturated rings. The van der Waals surface area contributed by atoms with Gasteiger partial charge in [0, 0.05) is 0 Å². The zero-order valence-corrected chi connectivity index (χ0v) is 14.9. The third kappa shape index (κ3) is 6.75. The Morgan fingerprint density at radius 2 is 1.14 bits per heavy atom.